The summed E-state index contributed by atoms with van der Waals surface area (Å²) >= 11 is 0. The van der Waals surface area contributed by atoms with Gasteiger partial charge in [0.1, 0.15) is 11.9 Å². The summed E-state index contributed by atoms with van der Waals surface area (Å²) in [6.45, 7) is 1.67. The fourth-order valence-corrected chi connectivity index (χ4v) is 2.63. The van der Waals surface area contributed by atoms with Gasteiger partial charge in [-0.1, -0.05) is 30.3 Å². The summed E-state index contributed by atoms with van der Waals surface area (Å²) in [7, 11) is 0. The molecular formula is C17H16FNO2. The number of hydrogen-bond donors (Lipinski definition) is 2. The van der Waals surface area contributed by atoms with E-state index in [0.29, 0.717) is 24.0 Å². The first-order chi connectivity index (χ1) is 10.1. The number of aliphatic hydroxyl groups is 1. The molecular weight excluding hydrogens is 269 g/mol. The highest BCUT2D eigenvalue weighted by atomic mass is 19.1. The average Bonchev–Trinajstić information content (AvgIpc) is 2.49. The van der Waals surface area contributed by atoms with E-state index in [1.54, 1.807) is 37.3 Å². The molecule has 108 valence electrons. The van der Waals surface area contributed by atoms with Crippen molar-refractivity contribution < 1.29 is 14.3 Å². The normalized spacial score (nSPS) is 15.3. The molecule has 1 heterocycles. The Morgan fingerprint density at radius 3 is 2.86 bits per heavy atom. The molecule has 0 saturated carbocycles. The van der Waals surface area contributed by atoms with Crippen molar-refractivity contribution in [2.45, 2.75) is 25.9 Å². The molecule has 0 aromatic heterocycles. The van der Waals surface area contributed by atoms with Gasteiger partial charge in [-0.3, -0.25) is 4.79 Å². The minimum absolute atomic E-state index is 0.000488. The molecule has 1 atom stereocenters. The van der Waals surface area contributed by atoms with Crippen molar-refractivity contribution in [2.24, 2.45) is 0 Å². The van der Waals surface area contributed by atoms with Crippen LogP contribution >= 0.6 is 0 Å². The Kier molecular flexibility index (Phi) is 3.47. The van der Waals surface area contributed by atoms with Gasteiger partial charge in [0, 0.05) is 17.7 Å². The first-order valence-corrected chi connectivity index (χ1v) is 6.92. The predicted octanol–water partition coefficient (Wildman–Crippen LogP) is 3.10. The largest absolute Gasteiger partial charge is 0.384 e. The van der Waals surface area contributed by atoms with E-state index in [4.69, 9.17) is 0 Å². The summed E-state index contributed by atoms with van der Waals surface area (Å²) in [4.78, 5) is 11.3. The number of aliphatic hydroxyl groups excluding tert-OH is 1. The zero-order chi connectivity index (χ0) is 15.0. The van der Waals surface area contributed by atoms with Crippen LogP contribution in [0.4, 0.5) is 10.1 Å². The summed E-state index contributed by atoms with van der Waals surface area (Å²) in [6.07, 6.45) is 0.0662. The molecule has 1 aliphatic heterocycles. The Balaban J connectivity index is 1.97. The number of halogens is 1. The third kappa shape index (κ3) is 2.54. The lowest BCUT2D eigenvalue weighted by molar-refractivity contribution is -0.116. The zero-order valence-electron chi connectivity index (χ0n) is 11.7. The first-order valence-electron chi connectivity index (χ1n) is 6.92. The van der Waals surface area contributed by atoms with Gasteiger partial charge in [-0.15, -0.1) is 0 Å². The highest BCUT2D eigenvalue weighted by Gasteiger charge is 2.20. The molecule has 1 amide bonds. The number of amides is 1. The fraction of sp³-hybridized carbons (Fsp3) is 0.235. The lowest BCUT2D eigenvalue weighted by Gasteiger charge is -2.20. The lowest BCUT2D eigenvalue weighted by atomic mass is 9.94. The molecule has 0 fully saturated rings. The van der Waals surface area contributed by atoms with Crippen LogP contribution in [0.15, 0.2) is 36.4 Å². The molecule has 4 heteroatoms. The van der Waals surface area contributed by atoms with Crippen LogP contribution in [0.1, 0.15) is 34.8 Å². The number of fused-ring (bicyclic) bond motifs is 1. The van der Waals surface area contributed by atoms with E-state index in [0.717, 1.165) is 11.3 Å². The second-order valence-corrected chi connectivity index (χ2v) is 5.35. The third-order valence-corrected chi connectivity index (χ3v) is 3.86. The van der Waals surface area contributed by atoms with E-state index >= 15 is 0 Å². The van der Waals surface area contributed by atoms with Crippen molar-refractivity contribution in [1.82, 2.24) is 0 Å². The maximum Gasteiger partial charge on any atom is 0.224 e. The average molecular weight is 285 g/mol. The molecule has 3 nitrogen and oxygen atoms in total. The number of rotatable bonds is 2. The van der Waals surface area contributed by atoms with Crippen molar-refractivity contribution in [1.29, 1.82) is 0 Å². The number of nitrogens with one attached hydrogen (secondary N) is 1. The first kappa shape index (κ1) is 13.8. The van der Waals surface area contributed by atoms with Gasteiger partial charge in [-0.05, 0) is 36.1 Å². The molecule has 0 aliphatic carbocycles. The van der Waals surface area contributed by atoms with E-state index in [-0.39, 0.29) is 17.3 Å². The van der Waals surface area contributed by atoms with E-state index in [1.807, 2.05) is 6.07 Å². The number of benzene rings is 2. The van der Waals surface area contributed by atoms with Gasteiger partial charge >= 0.3 is 0 Å². The van der Waals surface area contributed by atoms with Crippen LogP contribution in [-0.4, -0.2) is 11.0 Å². The topological polar surface area (TPSA) is 49.3 Å². The van der Waals surface area contributed by atoms with Crippen LogP contribution in [-0.2, 0) is 11.2 Å². The Bertz CT molecular complexity index is 712. The number of carbonyl (C=O) groups excluding carboxylic acids is 1. The molecule has 2 N–H and O–H groups in total. The van der Waals surface area contributed by atoms with E-state index in [9.17, 15) is 14.3 Å². The number of hydrogen-bond acceptors (Lipinski definition) is 2. The minimum atomic E-state index is -1.01. The molecule has 0 bridgehead atoms. The summed E-state index contributed by atoms with van der Waals surface area (Å²) in [6, 6.07) is 10.3. The van der Waals surface area contributed by atoms with Crippen LogP contribution in [0.2, 0.25) is 0 Å². The Labute approximate surface area is 122 Å². The maximum atomic E-state index is 14.1. The van der Waals surface area contributed by atoms with Gasteiger partial charge in [0.15, 0.2) is 0 Å². The molecule has 0 saturated heterocycles. The van der Waals surface area contributed by atoms with Crippen molar-refractivity contribution >= 4 is 11.6 Å². The summed E-state index contributed by atoms with van der Waals surface area (Å²) in [5.41, 5.74) is 3.16. The van der Waals surface area contributed by atoms with Crippen molar-refractivity contribution in [2.75, 3.05) is 5.32 Å². The van der Waals surface area contributed by atoms with Gasteiger partial charge in [0.05, 0.1) is 0 Å². The molecule has 2 aromatic carbocycles. The predicted molar refractivity (Wildman–Crippen MR) is 78.6 cm³/mol. The molecule has 0 spiro atoms. The van der Waals surface area contributed by atoms with Gasteiger partial charge < -0.3 is 10.4 Å². The van der Waals surface area contributed by atoms with Gasteiger partial charge in [-0.25, -0.2) is 4.39 Å². The quantitative estimate of drug-likeness (QED) is 0.890. The number of aryl methyl sites for hydroxylation is 2. The molecule has 3 rings (SSSR count). The zero-order valence-corrected chi connectivity index (χ0v) is 11.7. The second kappa shape index (κ2) is 5.30. The molecule has 1 aliphatic rings. The van der Waals surface area contributed by atoms with Crippen LogP contribution < -0.4 is 5.32 Å². The highest BCUT2D eigenvalue weighted by Crippen LogP contribution is 2.30. The highest BCUT2D eigenvalue weighted by molar-refractivity contribution is 5.93. The SMILES string of the molecule is Cc1cccc(C(O)c2ccc3c(c2)CCC(=O)N3)c1F. The standard InChI is InChI=1S/C17H16FNO2/c1-10-3-2-4-13(16(10)18)17(21)12-5-7-14-11(9-12)6-8-15(20)19-14/h2-5,7,9,17,21H,6,8H2,1H3,(H,19,20). The third-order valence-electron chi connectivity index (χ3n) is 3.86. The fourth-order valence-electron chi connectivity index (χ4n) is 2.63. The van der Waals surface area contributed by atoms with E-state index in [1.165, 1.54) is 0 Å². The monoisotopic (exact) mass is 285 g/mol. The van der Waals surface area contributed by atoms with E-state index < -0.39 is 6.10 Å². The van der Waals surface area contributed by atoms with Crippen LogP contribution in [0.25, 0.3) is 0 Å². The van der Waals surface area contributed by atoms with E-state index in [2.05, 4.69) is 5.32 Å². The summed E-state index contributed by atoms with van der Waals surface area (Å²) in [5.74, 6) is -0.378. The minimum Gasteiger partial charge on any atom is -0.384 e. The Hall–Kier alpha value is -2.20. The molecule has 2 aromatic rings. The molecule has 21 heavy (non-hydrogen) atoms. The van der Waals surface area contributed by atoms with Gasteiger partial charge in [0.2, 0.25) is 5.91 Å². The number of anilines is 1. The van der Waals surface area contributed by atoms with Crippen LogP contribution in [0.5, 0.6) is 0 Å². The summed E-state index contributed by atoms with van der Waals surface area (Å²) in [5, 5.41) is 13.2. The van der Waals surface area contributed by atoms with Crippen molar-refractivity contribution in [3.63, 3.8) is 0 Å². The van der Waals surface area contributed by atoms with Crippen LogP contribution in [0.3, 0.4) is 0 Å². The maximum absolute atomic E-state index is 14.1. The Morgan fingerprint density at radius 2 is 2.05 bits per heavy atom. The van der Waals surface area contributed by atoms with Crippen molar-refractivity contribution in [3.05, 3.63) is 64.5 Å². The summed E-state index contributed by atoms with van der Waals surface area (Å²) < 4.78 is 14.1. The lowest BCUT2D eigenvalue weighted by Crippen LogP contribution is -2.19. The second-order valence-electron chi connectivity index (χ2n) is 5.35. The van der Waals surface area contributed by atoms with Gasteiger partial charge in [-0.2, -0.15) is 0 Å². The Morgan fingerprint density at radius 1 is 1.24 bits per heavy atom. The van der Waals surface area contributed by atoms with Crippen molar-refractivity contribution in [3.8, 4) is 0 Å². The molecule has 0 radical (unpaired) electrons. The van der Waals surface area contributed by atoms with Crippen LogP contribution in [0, 0.1) is 12.7 Å². The van der Waals surface area contributed by atoms with Gasteiger partial charge in [0.25, 0.3) is 0 Å². The number of carbonyl (C=O) groups is 1. The molecule has 1 unspecified atom stereocenters. The smallest absolute Gasteiger partial charge is 0.224 e.